The van der Waals surface area contributed by atoms with E-state index in [9.17, 15) is 26.7 Å². The van der Waals surface area contributed by atoms with Crippen LogP contribution in [0.1, 0.15) is 30.5 Å². The van der Waals surface area contributed by atoms with Gasteiger partial charge in [0.2, 0.25) is 0 Å². The van der Waals surface area contributed by atoms with Crippen molar-refractivity contribution in [2.45, 2.75) is 37.9 Å². The topological polar surface area (TPSA) is 58.1 Å². The number of halogens is 5. The van der Waals surface area contributed by atoms with E-state index in [0.717, 1.165) is 0 Å². The summed E-state index contributed by atoms with van der Waals surface area (Å²) < 4.78 is 66.3. The molecule has 10 heteroatoms. The molecule has 5 nitrogen and oxygen atoms in total. The maximum Gasteiger partial charge on any atom is 0.471 e. The Labute approximate surface area is 164 Å². The molecule has 2 unspecified atom stereocenters. The molecule has 1 aliphatic heterocycles. The van der Waals surface area contributed by atoms with Crippen LogP contribution in [0.2, 0.25) is 0 Å². The van der Waals surface area contributed by atoms with E-state index in [-0.39, 0.29) is 18.1 Å². The number of amides is 1. The van der Waals surface area contributed by atoms with Gasteiger partial charge in [0.25, 0.3) is 0 Å². The third-order valence-corrected chi connectivity index (χ3v) is 4.96. The van der Waals surface area contributed by atoms with Gasteiger partial charge in [-0.15, -0.1) is 0 Å². The largest absolute Gasteiger partial charge is 0.471 e. The molecule has 0 radical (unpaired) electrons. The number of aromatic nitrogens is 2. The van der Waals surface area contributed by atoms with Crippen LogP contribution in [0.4, 0.5) is 27.8 Å². The Morgan fingerprint density at radius 3 is 2.52 bits per heavy atom. The van der Waals surface area contributed by atoms with Crippen molar-refractivity contribution in [2.75, 3.05) is 18.0 Å². The molecule has 2 atom stereocenters. The van der Waals surface area contributed by atoms with Crippen molar-refractivity contribution < 1.29 is 26.7 Å². The van der Waals surface area contributed by atoms with Gasteiger partial charge in [0.05, 0.1) is 11.7 Å². The first-order chi connectivity index (χ1) is 13.7. The fraction of sp³-hybridized carbons (Fsp3) is 0.421. The molecule has 0 aliphatic carbocycles. The van der Waals surface area contributed by atoms with Gasteiger partial charge in [-0.2, -0.15) is 13.2 Å². The number of rotatable bonds is 4. The van der Waals surface area contributed by atoms with Gasteiger partial charge in [0, 0.05) is 19.0 Å². The molecule has 2 aromatic rings. The summed E-state index contributed by atoms with van der Waals surface area (Å²) in [5.41, 5.74) is 0.794. The SMILES string of the molecule is CCc1ncnc(N2CCC(c3ccc(F)cc3)C(NC(=O)C(F)(F)F)C2)c1F. The van der Waals surface area contributed by atoms with E-state index in [4.69, 9.17) is 0 Å². The summed E-state index contributed by atoms with van der Waals surface area (Å²) >= 11 is 0. The number of hydrogen-bond acceptors (Lipinski definition) is 4. The molecule has 0 saturated carbocycles. The van der Waals surface area contributed by atoms with Gasteiger partial charge in [-0.05, 0) is 30.5 Å². The third kappa shape index (κ3) is 4.63. The predicted octanol–water partition coefficient (Wildman–Crippen LogP) is 3.36. The lowest BCUT2D eigenvalue weighted by Crippen LogP contribution is -2.54. The van der Waals surface area contributed by atoms with Crippen LogP contribution >= 0.6 is 0 Å². The molecular formula is C19H19F5N4O. The lowest BCUT2D eigenvalue weighted by atomic mass is 9.85. The molecule has 1 amide bonds. The molecule has 0 bridgehead atoms. The number of nitrogens with zero attached hydrogens (tertiary/aromatic N) is 3. The first kappa shape index (κ1) is 20.9. The van der Waals surface area contributed by atoms with E-state index in [0.29, 0.717) is 24.9 Å². The number of carbonyl (C=O) groups excluding carboxylic acids is 1. The van der Waals surface area contributed by atoms with Crippen molar-refractivity contribution in [1.82, 2.24) is 15.3 Å². The molecule has 1 N–H and O–H groups in total. The minimum atomic E-state index is -5.05. The highest BCUT2D eigenvalue weighted by atomic mass is 19.4. The maximum absolute atomic E-state index is 14.6. The average molecular weight is 414 g/mol. The van der Waals surface area contributed by atoms with Crippen LogP contribution < -0.4 is 10.2 Å². The summed E-state index contributed by atoms with van der Waals surface area (Å²) in [4.78, 5) is 20.9. The van der Waals surface area contributed by atoms with Gasteiger partial charge in [-0.1, -0.05) is 19.1 Å². The number of alkyl halides is 3. The van der Waals surface area contributed by atoms with Crippen molar-refractivity contribution in [3.05, 3.63) is 53.5 Å². The smallest absolute Gasteiger partial charge is 0.352 e. The summed E-state index contributed by atoms with van der Waals surface area (Å²) in [5, 5.41) is 2.00. The Balaban J connectivity index is 1.89. The van der Waals surface area contributed by atoms with Crippen molar-refractivity contribution in [2.24, 2.45) is 0 Å². The fourth-order valence-corrected chi connectivity index (χ4v) is 3.51. The Bertz CT molecular complexity index is 872. The lowest BCUT2D eigenvalue weighted by molar-refractivity contribution is -0.174. The van der Waals surface area contributed by atoms with Crippen LogP contribution in [0.15, 0.2) is 30.6 Å². The predicted molar refractivity (Wildman–Crippen MR) is 95.3 cm³/mol. The van der Waals surface area contributed by atoms with Crippen molar-refractivity contribution >= 4 is 11.7 Å². The number of nitrogens with one attached hydrogen (secondary N) is 1. The van der Waals surface area contributed by atoms with Crippen LogP contribution in [-0.2, 0) is 11.2 Å². The van der Waals surface area contributed by atoms with Crippen LogP contribution in [0.3, 0.4) is 0 Å². The number of anilines is 1. The van der Waals surface area contributed by atoms with E-state index in [1.807, 2.05) is 5.32 Å². The minimum absolute atomic E-state index is 0.0133. The number of piperidine rings is 1. The van der Waals surface area contributed by atoms with E-state index >= 15 is 0 Å². The summed E-state index contributed by atoms with van der Waals surface area (Å²) in [5.74, 6) is -3.68. The highest BCUT2D eigenvalue weighted by Crippen LogP contribution is 2.32. The van der Waals surface area contributed by atoms with Crippen LogP contribution in [-0.4, -0.2) is 41.2 Å². The Morgan fingerprint density at radius 1 is 1.21 bits per heavy atom. The zero-order valence-electron chi connectivity index (χ0n) is 15.5. The average Bonchev–Trinajstić information content (AvgIpc) is 2.68. The molecule has 0 spiro atoms. The third-order valence-electron chi connectivity index (χ3n) is 4.96. The molecule has 1 aromatic heterocycles. The second-order valence-corrected chi connectivity index (χ2v) is 6.78. The molecule has 2 heterocycles. The zero-order valence-corrected chi connectivity index (χ0v) is 15.5. The van der Waals surface area contributed by atoms with E-state index in [2.05, 4.69) is 9.97 Å². The standard InChI is InChI=1S/C19H19F5N4O/c1-2-14-16(21)17(26-10-25-14)28-8-7-13(11-3-5-12(20)6-4-11)15(9-28)27-18(29)19(22,23)24/h3-6,10,13,15H,2,7-9H2,1H3,(H,27,29). The quantitative estimate of drug-likeness (QED) is 0.780. The summed E-state index contributed by atoms with van der Waals surface area (Å²) in [6, 6.07) is 4.40. The Kier molecular flexibility index (Phi) is 5.99. The van der Waals surface area contributed by atoms with Gasteiger partial charge in [-0.25, -0.2) is 18.7 Å². The van der Waals surface area contributed by atoms with Crippen molar-refractivity contribution in [1.29, 1.82) is 0 Å². The molecular weight excluding hydrogens is 395 g/mol. The second kappa shape index (κ2) is 8.30. The van der Waals surface area contributed by atoms with Gasteiger partial charge >= 0.3 is 12.1 Å². The normalized spacial score (nSPS) is 19.9. The molecule has 1 aliphatic rings. The minimum Gasteiger partial charge on any atom is -0.352 e. The Hall–Kier alpha value is -2.78. The van der Waals surface area contributed by atoms with E-state index in [1.165, 1.54) is 35.5 Å². The van der Waals surface area contributed by atoms with Crippen LogP contribution in [0, 0.1) is 11.6 Å². The van der Waals surface area contributed by atoms with Gasteiger partial charge in [0.1, 0.15) is 12.1 Å². The lowest BCUT2D eigenvalue weighted by Gasteiger charge is -2.40. The number of aryl methyl sites for hydroxylation is 1. The molecule has 156 valence electrons. The number of carbonyl (C=O) groups is 1. The van der Waals surface area contributed by atoms with Gasteiger partial charge < -0.3 is 10.2 Å². The molecule has 1 fully saturated rings. The molecule has 1 aromatic carbocycles. The summed E-state index contributed by atoms with van der Waals surface area (Å²) in [6.07, 6.45) is -3.20. The summed E-state index contributed by atoms with van der Waals surface area (Å²) in [6.45, 7) is 1.95. The van der Waals surface area contributed by atoms with Crippen molar-refractivity contribution in [3.8, 4) is 0 Å². The highest BCUT2D eigenvalue weighted by Gasteiger charge is 2.42. The monoisotopic (exact) mass is 414 g/mol. The first-order valence-corrected chi connectivity index (χ1v) is 9.08. The number of benzene rings is 1. The van der Waals surface area contributed by atoms with Crippen molar-refractivity contribution in [3.63, 3.8) is 0 Å². The van der Waals surface area contributed by atoms with Crippen LogP contribution in [0.25, 0.3) is 0 Å². The number of hydrogen-bond donors (Lipinski definition) is 1. The van der Waals surface area contributed by atoms with Gasteiger partial charge in [-0.3, -0.25) is 4.79 Å². The Morgan fingerprint density at radius 2 is 1.90 bits per heavy atom. The second-order valence-electron chi connectivity index (χ2n) is 6.78. The highest BCUT2D eigenvalue weighted by molar-refractivity contribution is 5.82. The van der Waals surface area contributed by atoms with Crippen LogP contribution in [0.5, 0.6) is 0 Å². The fourth-order valence-electron chi connectivity index (χ4n) is 3.51. The molecule has 29 heavy (non-hydrogen) atoms. The summed E-state index contributed by atoms with van der Waals surface area (Å²) in [7, 11) is 0. The molecule has 1 saturated heterocycles. The zero-order chi connectivity index (χ0) is 21.2. The van der Waals surface area contributed by atoms with Gasteiger partial charge in [0.15, 0.2) is 11.6 Å². The van der Waals surface area contributed by atoms with E-state index in [1.54, 1.807) is 6.92 Å². The first-order valence-electron chi connectivity index (χ1n) is 9.08. The van der Waals surface area contributed by atoms with E-state index < -0.39 is 35.7 Å². The molecule has 3 rings (SSSR count). The maximum atomic E-state index is 14.6.